The number of aromatic nitrogens is 1. The van der Waals surface area contributed by atoms with Crippen LogP contribution in [0.4, 0.5) is 5.82 Å². The lowest BCUT2D eigenvalue weighted by Gasteiger charge is -2.35. The summed E-state index contributed by atoms with van der Waals surface area (Å²) in [5.41, 5.74) is 0.329. The molecular formula is C22H27ClN4O4S. The minimum atomic E-state index is -3.79. The van der Waals surface area contributed by atoms with Crippen LogP contribution in [0.25, 0.3) is 0 Å². The number of hydrogen-bond acceptors (Lipinski definition) is 6. The summed E-state index contributed by atoms with van der Waals surface area (Å²) in [5.74, 6) is 0.844. The van der Waals surface area contributed by atoms with Gasteiger partial charge in [-0.05, 0) is 43.2 Å². The molecule has 2 aromatic rings. The predicted octanol–water partition coefficient (Wildman–Crippen LogP) is 2.93. The number of carbonyl (C=O) groups is 1. The minimum Gasteiger partial charge on any atom is -0.495 e. The number of pyridine rings is 1. The second-order valence-electron chi connectivity index (χ2n) is 8.08. The first-order chi connectivity index (χ1) is 15.4. The number of rotatable bonds is 6. The Hall–Kier alpha value is -2.36. The highest BCUT2D eigenvalue weighted by Crippen LogP contribution is 2.28. The van der Waals surface area contributed by atoms with Crippen LogP contribution in [0, 0.1) is 0 Å². The standard InChI is InChI=1S/C22H27ClN4O4S/c1-31-19-8-6-16(14-20(19)32(29,30)25-18-4-2-3-5-18)22(28)27-12-10-26(11-13-27)21-9-7-17(23)15-24-21/h6-9,14-15,18,25H,2-5,10-13H2,1H3. The molecule has 0 unspecified atom stereocenters. The van der Waals surface area contributed by atoms with E-state index in [0.717, 1.165) is 31.5 Å². The number of ether oxygens (including phenoxy) is 1. The third-order valence-electron chi connectivity index (χ3n) is 5.98. The Bertz CT molecular complexity index is 1060. The van der Waals surface area contributed by atoms with Crippen molar-refractivity contribution in [2.24, 2.45) is 0 Å². The fraction of sp³-hybridized carbons (Fsp3) is 0.455. The molecule has 0 spiro atoms. The van der Waals surface area contributed by atoms with Gasteiger partial charge in [0.2, 0.25) is 10.0 Å². The molecule has 1 amide bonds. The predicted molar refractivity (Wildman–Crippen MR) is 123 cm³/mol. The Kier molecular flexibility index (Phi) is 6.88. The van der Waals surface area contributed by atoms with Gasteiger partial charge in [0.25, 0.3) is 5.91 Å². The van der Waals surface area contributed by atoms with Gasteiger partial charge in [0.15, 0.2) is 0 Å². The van der Waals surface area contributed by atoms with E-state index >= 15 is 0 Å². The van der Waals surface area contributed by atoms with Crippen molar-refractivity contribution in [3.05, 3.63) is 47.1 Å². The third kappa shape index (κ3) is 5.00. The van der Waals surface area contributed by atoms with Gasteiger partial charge in [-0.2, -0.15) is 0 Å². The molecule has 8 nitrogen and oxygen atoms in total. The third-order valence-corrected chi connectivity index (χ3v) is 7.75. The lowest BCUT2D eigenvalue weighted by atomic mass is 10.1. The van der Waals surface area contributed by atoms with Crippen LogP contribution in [0.2, 0.25) is 5.02 Å². The van der Waals surface area contributed by atoms with Gasteiger partial charge in [0, 0.05) is 44.0 Å². The molecular weight excluding hydrogens is 452 g/mol. The van der Waals surface area contributed by atoms with Crippen molar-refractivity contribution in [2.45, 2.75) is 36.6 Å². The van der Waals surface area contributed by atoms with E-state index in [2.05, 4.69) is 14.6 Å². The molecule has 1 aromatic heterocycles. The van der Waals surface area contributed by atoms with Crippen molar-refractivity contribution < 1.29 is 17.9 Å². The largest absolute Gasteiger partial charge is 0.495 e. The summed E-state index contributed by atoms with van der Waals surface area (Å²) in [6.07, 6.45) is 5.29. The maximum atomic E-state index is 13.1. The number of amides is 1. The highest BCUT2D eigenvalue weighted by Gasteiger charge is 2.28. The lowest BCUT2D eigenvalue weighted by molar-refractivity contribution is 0.0746. The van der Waals surface area contributed by atoms with E-state index in [1.54, 1.807) is 29.3 Å². The maximum Gasteiger partial charge on any atom is 0.254 e. The SMILES string of the molecule is COc1ccc(C(=O)N2CCN(c3ccc(Cl)cn3)CC2)cc1S(=O)(=O)NC1CCCC1. The van der Waals surface area contributed by atoms with Crippen LogP contribution in [0.15, 0.2) is 41.4 Å². The molecule has 10 heteroatoms. The molecule has 2 heterocycles. The van der Waals surface area contributed by atoms with E-state index in [9.17, 15) is 13.2 Å². The maximum absolute atomic E-state index is 13.1. The summed E-state index contributed by atoms with van der Waals surface area (Å²) in [6, 6.07) is 8.16. The monoisotopic (exact) mass is 478 g/mol. The van der Waals surface area contributed by atoms with E-state index in [0.29, 0.717) is 36.8 Å². The fourth-order valence-corrected chi connectivity index (χ4v) is 5.83. The average molecular weight is 479 g/mol. The summed E-state index contributed by atoms with van der Waals surface area (Å²) in [4.78, 5) is 21.3. The quantitative estimate of drug-likeness (QED) is 0.686. The summed E-state index contributed by atoms with van der Waals surface area (Å²) in [5, 5.41) is 0.579. The topological polar surface area (TPSA) is 91.8 Å². The van der Waals surface area contributed by atoms with Gasteiger partial charge in [0.1, 0.15) is 16.5 Å². The number of sulfonamides is 1. The van der Waals surface area contributed by atoms with Crippen LogP contribution in [0.5, 0.6) is 5.75 Å². The normalized spacial score (nSPS) is 17.6. The molecule has 4 rings (SSSR count). The summed E-state index contributed by atoms with van der Waals surface area (Å²) < 4.78 is 34.1. The van der Waals surface area contributed by atoms with Crippen LogP contribution < -0.4 is 14.4 Å². The zero-order valence-corrected chi connectivity index (χ0v) is 19.5. The van der Waals surface area contributed by atoms with E-state index in [-0.39, 0.29) is 22.6 Å². The smallest absolute Gasteiger partial charge is 0.254 e. The zero-order valence-electron chi connectivity index (χ0n) is 18.0. The molecule has 1 N–H and O–H groups in total. The van der Waals surface area contributed by atoms with Crippen LogP contribution in [0.3, 0.4) is 0 Å². The second-order valence-corrected chi connectivity index (χ2v) is 10.2. The molecule has 0 radical (unpaired) electrons. The van der Waals surface area contributed by atoms with E-state index < -0.39 is 10.0 Å². The highest BCUT2D eigenvalue weighted by atomic mass is 35.5. The zero-order chi connectivity index (χ0) is 22.7. The molecule has 0 atom stereocenters. The number of halogens is 1. The Balaban J connectivity index is 1.48. The molecule has 1 aliphatic heterocycles. The van der Waals surface area contributed by atoms with Gasteiger partial charge in [-0.15, -0.1) is 0 Å². The number of nitrogens with zero attached hydrogens (tertiary/aromatic N) is 3. The van der Waals surface area contributed by atoms with Crippen molar-refractivity contribution in [3.63, 3.8) is 0 Å². The van der Waals surface area contributed by atoms with Gasteiger partial charge in [-0.1, -0.05) is 24.4 Å². The van der Waals surface area contributed by atoms with Crippen molar-refractivity contribution >= 4 is 33.3 Å². The number of carbonyl (C=O) groups excluding carboxylic acids is 1. The van der Waals surface area contributed by atoms with E-state index in [1.807, 2.05) is 6.07 Å². The van der Waals surface area contributed by atoms with Crippen LogP contribution in [-0.2, 0) is 10.0 Å². The molecule has 1 saturated carbocycles. The van der Waals surface area contributed by atoms with Crippen molar-refractivity contribution in [2.75, 3.05) is 38.2 Å². The molecule has 2 fully saturated rings. The number of benzene rings is 1. The van der Waals surface area contributed by atoms with Gasteiger partial charge in [-0.25, -0.2) is 18.1 Å². The van der Waals surface area contributed by atoms with Gasteiger partial charge < -0.3 is 14.5 Å². The minimum absolute atomic E-state index is 0.00162. The number of hydrogen-bond donors (Lipinski definition) is 1. The van der Waals surface area contributed by atoms with Crippen LogP contribution in [0.1, 0.15) is 36.0 Å². The lowest BCUT2D eigenvalue weighted by Crippen LogP contribution is -2.49. The number of anilines is 1. The molecule has 1 aliphatic carbocycles. The molecule has 2 aliphatic rings. The summed E-state index contributed by atoms with van der Waals surface area (Å²) in [7, 11) is -2.37. The molecule has 1 saturated heterocycles. The first-order valence-corrected chi connectivity index (χ1v) is 12.6. The van der Waals surface area contributed by atoms with Crippen LogP contribution >= 0.6 is 11.6 Å². The first-order valence-electron chi connectivity index (χ1n) is 10.7. The van der Waals surface area contributed by atoms with Crippen LogP contribution in [-0.4, -0.2) is 63.5 Å². The number of methoxy groups -OCH3 is 1. The number of piperazine rings is 1. The second kappa shape index (κ2) is 9.64. The fourth-order valence-electron chi connectivity index (χ4n) is 4.22. The summed E-state index contributed by atoms with van der Waals surface area (Å²) >= 11 is 5.91. The first kappa shape index (κ1) is 22.8. The van der Waals surface area contributed by atoms with E-state index in [4.69, 9.17) is 16.3 Å². The van der Waals surface area contributed by atoms with Gasteiger partial charge in [0.05, 0.1) is 12.1 Å². The number of nitrogens with one attached hydrogen (secondary N) is 1. The van der Waals surface area contributed by atoms with Gasteiger partial charge >= 0.3 is 0 Å². The average Bonchev–Trinajstić information content (AvgIpc) is 3.31. The highest BCUT2D eigenvalue weighted by molar-refractivity contribution is 7.89. The molecule has 0 bridgehead atoms. The molecule has 32 heavy (non-hydrogen) atoms. The Morgan fingerprint density at radius 3 is 2.47 bits per heavy atom. The molecule has 172 valence electrons. The van der Waals surface area contributed by atoms with Crippen molar-refractivity contribution in [1.82, 2.24) is 14.6 Å². The van der Waals surface area contributed by atoms with E-state index in [1.165, 1.54) is 13.2 Å². The van der Waals surface area contributed by atoms with Crippen molar-refractivity contribution in [1.29, 1.82) is 0 Å². The summed E-state index contributed by atoms with van der Waals surface area (Å²) in [6.45, 7) is 2.28. The van der Waals surface area contributed by atoms with Gasteiger partial charge in [-0.3, -0.25) is 4.79 Å². The van der Waals surface area contributed by atoms with Crippen molar-refractivity contribution in [3.8, 4) is 5.75 Å². The molecule has 1 aromatic carbocycles. The Morgan fingerprint density at radius 2 is 1.84 bits per heavy atom. The Labute approximate surface area is 193 Å². The Morgan fingerprint density at radius 1 is 1.12 bits per heavy atom.